The lowest BCUT2D eigenvalue weighted by Crippen LogP contribution is -2.34. The maximum atomic E-state index is 13.2. The highest BCUT2D eigenvalue weighted by Crippen LogP contribution is 2.49. The van der Waals surface area contributed by atoms with E-state index in [4.69, 9.17) is 16.3 Å². The first-order chi connectivity index (χ1) is 12.5. The highest BCUT2D eigenvalue weighted by Gasteiger charge is 2.62. The Balaban J connectivity index is 1.40. The number of aromatic nitrogens is 2. The lowest BCUT2D eigenvalue weighted by atomic mass is 9.81. The van der Waals surface area contributed by atoms with E-state index in [9.17, 15) is 14.0 Å². The molecule has 3 aliphatic rings. The van der Waals surface area contributed by atoms with E-state index in [-0.39, 0.29) is 35.9 Å². The molecular formula is C18H15ClFN3O3. The van der Waals surface area contributed by atoms with E-state index in [1.165, 1.54) is 23.2 Å². The SMILES string of the molecule is O=C1[C@@H]2[C@@H](C(=O)N1c1cnn(Cc3ccc(F)cc3Cl)c1)[C@H]1CC[C@H]2O1. The highest BCUT2D eigenvalue weighted by atomic mass is 35.5. The Morgan fingerprint density at radius 2 is 1.88 bits per heavy atom. The van der Waals surface area contributed by atoms with Crippen LogP contribution in [0.15, 0.2) is 30.6 Å². The number of anilines is 1. The Morgan fingerprint density at radius 1 is 1.19 bits per heavy atom. The van der Waals surface area contributed by atoms with E-state index in [2.05, 4.69) is 5.10 Å². The summed E-state index contributed by atoms with van der Waals surface area (Å²) < 4.78 is 20.5. The van der Waals surface area contributed by atoms with Crippen molar-refractivity contribution in [2.45, 2.75) is 31.6 Å². The fraction of sp³-hybridized carbons (Fsp3) is 0.389. The second kappa shape index (κ2) is 5.62. The topological polar surface area (TPSA) is 64.4 Å². The second-order valence-electron chi connectivity index (χ2n) is 6.99. The molecule has 3 fully saturated rings. The fourth-order valence-corrected chi connectivity index (χ4v) is 4.57. The van der Waals surface area contributed by atoms with Gasteiger partial charge in [0.2, 0.25) is 11.8 Å². The molecule has 8 heteroatoms. The first-order valence-corrected chi connectivity index (χ1v) is 8.90. The van der Waals surface area contributed by atoms with Crippen molar-refractivity contribution >= 4 is 29.1 Å². The molecule has 26 heavy (non-hydrogen) atoms. The van der Waals surface area contributed by atoms with Crippen LogP contribution in [-0.2, 0) is 20.9 Å². The van der Waals surface area contributed by atoms with Gasteiger partial charge in [-0.25, -0.2) is 9.29 Å². The van der Waals surface area contributed by atoms with Crippen LogP contribution in [0.5, 0.6) is 0 Å². The number of nitrogens with zero attached hydrogens (tertiary/aromatic N) is 3. The molecule has 0 saturated carbocycles. The van der Waals surface area contributed by atoms with Gasteiger partial charge in [0.25, 0.3) is 0 Å². The molecule has 4 atom stereocenters. The molecule has 5 rings (SSSR count). The van der Waals surface area contributed by atoms with Crippen LogP contribution in [0.25, 0.3) is 0 Å². The van der Waals surface area contributed by atoms with Crippen LogP contribution < -0.4 is 4.90 Å². The molecule has 6 nitrogen and oxygen atoms in total. The number of fused-ring (bicyclic) bond motifs is 5. The van der Waals surface area contributed by atoms with E-state index in [1.54, 1.807) is 16.9 Å². The normalized spacial score (nSPS) is 29.7. The third-order valence-corrected chi connectivity index (χ3v) is 5.86. The quantitative estimate of drug-likeness (QED) is 0.773. The summed E-state index contributed by atoms with van der Waals surface area (Å²) in [4.78, 5) is 26.8. The fourth-order valence-electron chi connectivity index (χ4n) is 4.35. The number of hydrogen-bond acceptors (Lipinski definition) is 4. The van der Waals surface area contributed by atoms with E-state index in [0.29, 0.717) is 22.8 Å². The van der Waals surface area contributed by atoms with Crippen molar-refractivity contribution in [1.82, 2.24) is 9.78 Å². The summed E-state index contributed by atoms with van der Waals surface area (Å²) in [5.74, 6) is -1.54. The molecule has 0 N–H and O–H groups in total. The van der Waals surface area contributed by atoms with Crippen molar-refractivity contribution < 1.29 is 18.7 Å². The first kappa shape index (κ1) is 16.0. The average molecular weight is 376 g/mol. The van der Waals surface area contributed by atoms with Gasteiger partial charge in [0.05, 0.1) is 42.5 Å². The number of carbonyl (C=O) groups excluding carboxylic acids is 2. The molecule has 1 aromatic carbocycles. The number of benzene rings is 1. The average Bonchev–Trinajstić information content (AvgIpc) is 3.35. The van der Waals surface area contributed by atoms with Crippen molar-refractivity contribution in [3.63, 3.8) is 0 Å². The Hall–Kier alpha value is -2.25. The molecule has 0 unspecified atom stereocenters. The van der Waals surface area contributed by atoms with Gasteiger partial charge in [0.1, 0.15) is 5.82 Å². The second-order valence-corrected chi connectivity index (χ2v) is 7.39. The number of rotatable bonds is 3. The molecule has 2 aromatic rings. The molecule has 0 spiro atoms. The van der Waals surface area contributed by atoms with E-state index < -0.39 is 5.82 Å². The van der Waals surface area contributed by atoms with E-state index in [1.807, 2.05) is 0 Å². The molecule has 2 amide bonds. The summed E-state index contributed by atoms with van der Waals surface area (Å²) in [6, 6.07) is 4.16. The van der Waals surface area contributed by atoms with Crippen molar-refractivity contribution in [3.05, 3.63) is 47.0 Å². The number of carbonyl (C=O) groups is 2. The lowest BCUT2D eigenvalue weighted by Gasteiger charge is -2.15. The van der Waals surface area contributed by atoms with Crippen LogP contribution in [0.4, 0.5) is 10.1 Å². The van der Waals surface area contributed by atoms with Gasteiger partial charge in [-0.1, -0.05) is 17.7 Å². The summed E-state index contributed by atoms with van der Waals surface area (Å²) in [6.07, 6.45) is 4.53. The smallest absolute Gasteiger partial charge is 0.240 e. The minimum atomic E-state index is -0.406. The minimum absolute atomic E-state index is 0.139. The Morgan fingerprint density at radius 3 is 2.54 bits per heavy atom. The summed E-state index contributed by atoms with van der Waals surface area (Å²) in [6.45, 7) is 0.316. The van der Waals surface area contributed by atoms with Gasteiger partial charge in [-0.15, -0.1) is 0 Å². The summed E-state index contributed by atoms with van der Waals surface area (Å²) in [5, 5.41) is 4.53. The standard InChI is InChI=1S/C18H15ClFN3O3/c19-12-5-10(20)2-1-9(12)7-22-8-11(6-21-22)23-17(24)15-13-3-4-14(26-13)16(15)18(23)25/h1-2,5-6,8,13-16H,3-4,7H2/t13-,14-,15+,16+/m1/s1. The Labute approximate surface area is 153 Å². The predicted octanol–water partition coefficient (Wildman–Crippen LogP) is 2.39. The van der Waals surface area contributed by atoms with E-state index in [0.717, 1.165) is 12.8 Å². The summed E-state index contributed by atoms with van der Waals surface area (Å²) in [5.41, 5.74) is 1.15. The van der Waals surface area contributed by atoms with Crippen LogP contribution >= 0.6 is 11.6 Å². The van der Waals surface area contributed by atoms with Crippen LogP contribution in [0, 0.1) is 17.7 Å². The van der Waals surface area contributed by atoms with Gasteiger partial charge >= 0.3 is 0 Å². The van der Waals surface area contributed by atoms with Crippen LogP contribution in [-0.4, -0.2) is 33.8 Å². The van der Waals surface area contributed by atoms with Crippen molar-refractivity contribution in [2.75, 3.05) is 4.90 Å². The van der Waals surface area contributed by atoms with Crippen molar-refractivity contribution in [3.8, 4) is 0 Å². The van der Waals surface area contributed by atoms with Crippen molar-refractivity contribution in [1.29, 1.82) is 0 Å². The number of imide groups is 1. The number of hydrogen-bond donors (Lipinski definition) is 0. The first-order valence-electron chi connectivity index (χ1n) is 8.52. The number of halogens is 2. The van der Waals surface area contributed by atoms with Gasteiger partial charge in [0.15, 0.2) is 0 Å². The summed E-state index contributed by atoms with van der Waals surface area (Å²) in [7, 11) is 0. The molecule has 4 heterocycles. The maximum Gasteiger partial charge on any atom is 0.240 e. The zero-order chi connectivity index (χ0) is 18.0. The van der Waals surface area contributed by atoms with Gasteiger partial charge in [-0.3, -0.25) is 14.3 Å². The number of ether oxygens (including phenoxy) is 1. The van der Waals surface area contributed by atoms with Gasteiger partial charge < -0.3 is 4.74 Å². The van der Waals surface area contributed by atoms with E-state index >= 15 is 0 Å². The zero-order valence-electron chi connectivity index (χ0n) is 13.6. The van der Waals surface area contributed by atoms with Crippen LogP contribution in [0.1, 0.15) is 18.4 Å². The molecule has 1 aromatic heterocycles. The molecule has 0 radical (unpaired) electrons. The summed E-state index contributed by atoms with van der Waals surface area (Å²) >= 11 is 6.05. The highest BCUT2D eigenvalue weighted by molar-refractivity contribution is 6.31. The molecular weight excluding hydrogens is 361 g/mol. The van der Waals surface area contributed by atoms with Crippen LogP contribution in [0.3, 0.4) is 0 Å². The van der Waals surface area contributed by atoms with Gasteiger partial charge in [0, 0.05) is 11.2 Å². The largest absolute Gasteiger partial charge is 0.373 e. The lowest BCUT2D eigenvalue weighted by molar-refractivity contribution is -0.124. The van der Waals surface area contributed by atoms with Gasteiger partial charge in [-0.2, -0.15) is 5.10 Å². The molecule has 3 saturated heterocycles. The molecule has 0 aliphatic carbocycles. The predicted molar refractivity (Wildman–Crippen MR) is 90.1 cm³/mol. The molecule has 134 valence electrons. The van der Waals surface area contributed by atoms with Crippen LogP contribution in [0.2, 0.25) is 5.02 Å². The van der Waals surface area contributed by atoms with Gasteiger partial charge in [-0.05, 0) is 30.5 Å². The minimum Gasteiger partial charge on any atom is -0.373 e. The third kappa shape index (κ3) is 2.23. The number of amides is 2. The molecule has 2 bridgehead atoms. The zero-order valence-corrected chi connectivity index (χ0v) is 14.4. The monoisotopic (exact) mass is 375 g/mol. The Bertz CT molecular complexity index is 902. The van der Waals surface area contributed by atoms with Crippen molar-refractivity contribution in [2.24, 2.45) is 11.8 Å². The third-order valence-electron chi connectivity index (χ3n) is 5.51. The maximum absolute atomic E-state index is 13.2. The Kier molecular flexibility index (Phi) is 3.45. The molecule has 3 aliphatic heterocycles.